The van der Waals surface area contributed by atoms with Crippen LogP contribution >= 0.6 is 0 Å². The highest BCUT2D eigenvalue weighted by Gasteiger charge is 2.24. The standard InChI is InChI=1S/C15H19N3O6/c19-8-11(15(21)17-18-3-5-22-6-4-18)16-14(20)10-1-2-12-13(7-10)24-9-23-12/h1-2,7,11,19H,3-6,8-9H2,(H,16,20)(H,17,21). The highest BCUT2D eigenvalue weighted by Crippen LogP contribution is 2.32. The summed E-state index contributed by atoms with van der Waals surface area (Å²) in [5.74, 6) is 0.0780. The second-order valence-corrected chi connectivity index (χ2v) is 5.35. The second kappa shape index (κ2) is 7.47. The number of nitrogens with zero attached hydrogens (tertiary/aromatic N) is 1. The number of benzene rings is 1. The molecule has 2 aliphatic rings. The number of amides is 2. The largest absolute Gasteiger partial charge is 0.454 e. The Balaban J connectivity index is 1.59. The summed E-state index contributed by atoms with van der Waals surface area (Å²) in [5, 5.41) is 13.6. The van der Waals surface area contributed by atoms with Crippen LogP contribution in [0.25, 0.3) is 0 Å². The highest BCUT2D eigenvalue weighted by atomic mass is 16.7. The third-order valence-electron chi connectivity index (χ3n) is 3.72. The molecule has 0 radical (unpaired) electrons. The van der Waals surface area contributed by atoms with Crippen LogP contribution in [0.3, 0.4) is 0 Å². The zero-order valence-electron chi connectivity index (χ0n) is 13.0. The molecule has 0 aromatic heterocycles. The molecule has 1 fully saturated rings. The van der Waals surface area contributed by atoms with Gasteiger partial charge in [0.2, 0.25) is 6.79 Å². The van der Waals surface area contributed by atoms with Crippen molar-refractivity contribution in [3.63, 3.8) is 0 Å². The molecule has 24 heavy (non-hydrogen) atoms. The van der Waals surface area contributed by atoms with Crippen molar-refractivity contribution in [3.8, 4) is 11.5 Å². The lowest BCUT2D eigenvalue weighted by Gasteiger charge is -2.28. The van der Waals surface area contributed by atoms with Crippen molar-refractivity contribution < 1.29 is 28.9 Å². The summed E-state index contributed by atoms with van der Waals surface area (Å²) in [6, 6.07) is 3.67. The summed E-state index contributed by atoms with van der Waals surface area (Å²) in [5.41, 5.74) is 2.98. The van der Waals surface area contributed by atoms with E-state index in [-0.39, 0.29) is 6.79 Å². The molecular weight excluding hydrogens is 318 g/mol. The molecule has 0 bridgehead atoms. The zero-order valence-corrected chi connectivity index (χ0v) is 13.0. The van der Waals surface area contributed by atoms with Crippen LogP contribution in [0.1, 0.15) is 10.4 Å². The molecule has 9 heteroatoms. The predicted molar refractivity (Wildman–Crippen MR) is 81.4 cm³/mol. The maximum absolute atomic E-state index is 12.3. The summed E-state index contributed by atoms with van der Waals surface area (Å²) in [6.45, 7) is 1.76. The molecule has 2 amide bonds. The molecule has 0 aliphatic carbocycles. The molecule has 3 N–H and O–H groups in total. The summed E-state index contributed by atoms with van der Waals surface area (Å²) < 4.78 is 15.6. The lowest BCUT2D eigenvalue weighted by molar-refractivity contribution is -0.130. The number of fused-ring (bicyclic) bond motifs is 1. The number of hydrogen-bond donors (Lipinski definition) is 3. The number of aliphatic hydroxyl groups is 1. The molecule has 1 saturated heterocycles. The number of hydrazine groups is 1. The average Bonchev–Trinajstić information content (AvgIpc) is 3.07. The Morgan fingerprint density at radius 1 is 1.21 bits per heavy atom. The van der Waals surface area contributed by atoms with Gasteiger partial charge in [0, 0.05) is 18.7 Å². The Labute approximate surface area is 138 Å². The van der Waals surface area contributed by atoms with Crippen LogP contribution in [-0.2, 0) is 9.53 Å². The summed E-state index contributed by atoms with van der Waals surface area (Å²) >= 11 is 0. The number of hydrogen-bond acceptors (Lipinski definition) is 7. The Kier molecular flexibility index (Phi) is 5.14. The van der Waals surface area contributed by atoms with Gasteiger partial charge in [0.25, 0.3) is 11.8 Å². The van der Waals surface area contributed by atoms with Gasteiger partial charge in [-0.1, -0.05) is 0 Å². The van der Waals surface area contributed by atoms with Crippen LogP contribution in [-0.4, -0.2) is 67.7 Å². The van der Waals surface area contributed by atoms with E-state index in [4.69, 9.17) is 14.2 Å². The summed E-state index contributed by atoms with van der Waals surface area (Å²) in [4.78, 5) is 24.5. The minimum atomic E-state index is -1.05. The van der Waals surface area contributed by atoms with Gasteiger partial charge < -0.3 is 24.6 Å². The fourth-order valence-corrected chi connectivity index (χ4v) is 2.38. The van der Waals surface area contributed by atoms with E-state index in [9.17, 15) is 14.7 Å². The number of morpholine rings is 1. The predicted octanol–water partition coefficient (Wildman–Crippen LogP) is -1.13. The van der Waals surface area contributed by atoms with E-state index < -0.39 is 24.5 Å². The van der Waals surface area contributed by atoms with Gasteiger partial charge in [-0.05, 0) is 18.2 Å². The molecule has 3 rings (SSSR count). The topological polar surface area (TPSA) is 109 Å². The smallest absolute Gasteiger partial charge is 0.259 e. The van der Waals surface area contributed by atoms with Crippen LogP contribution in [0.5, 0.6) is 11.5 Å². The average molecular weight is 337 g/mol. The number of rotatable bonds is 5. The first-order valence-corrected chi connectivity index (χ1v) is 7.62. The van der Waals surface area contributed by atoms with Crippen molar-refractivity contribution in [3.05, 3.63) is 23.8 Å². The normalized spacial score (nSPS) is 18.0. The van der Waals surface area contributed by atoms with Gasteiger partial charge in [-0.3, -0.25) is 15.0 Å². The Bertz CT molecular complexity index is 617. The Hall–Kier alpha value is -2.36. The van der Waals surface area contributed by atoms with Gasteiger partial charge >= 0.3 is 0 Å². The molecule has 9 nitrogen and oxygen atoms in total. The van der Waals surface area contributed by atoms with E-state index in [2.05, 4.69) is 10.7 Å². The van der Waals surface area contributed by atoms with E-state index in [1.54, 1.807) is 17.1 Å². The van der Waals surface area contributed by atoms with Crippen LogP contribution in [0.2, 0.25) is 0 Å². The zero-order chi connectivity index (χ0) is 16.9. The first kappa shape index (κ1) is 16.5. The van der Waals surface area contributed by atoms with Crippen molar-refractivity contribution in [2.75, 3.05) is 39.7 Å². The molecule has 130 valence electrons. The number of nitrogens with one attached hydrogen (secondary N) is 2. The first-order valence-electron chi connectivity index (χ1n) is 7.62. The first-order chi connectivity index (χ1) is 11.7. The number of carbonyl (C=O) groups is 2. The molecule has 0 saturated carbocycles. The minimum Gasteiger partial charge on any atom is -0.454 e. The van der Waals surface area contributed by atoms with Gasteiger partial charge in [0.1, 0.15) is 6.04 Å². The van der Waals surface area contributed by atoms with Crippen LogP contribution in [0.15, 0.2) is 18.2 Å². The van der Waals surface area contributed by atoms with Crippen LogP contribution in [0.4, 0.5) is 0 Å². The van der Waals surface area contributed by atoms with Crippen molar-refractivity contribution >= 4 is 11.8 Å². The minimum absolute atomic E-state index is 0.113. The fraction of sp³-hybridized carbons (Fsp3) is 0.467. The quantitative estimate of drug-likeness (QED) is 0.624. The van der Waals surface area contributed by atoms with Gasteiger partial charge in [-0.2, -0.15) is 0 Å². The summed E-state index contributed by atoms with van der Waals surface area (Å²) in [7, 11) is 0. The monoisotopic (exact) mass is 337 g/mol. The van der Waals surface area contributed by atoms with Crippen molar-refractivity contribution in [1.29, 1.82) is 0 Å². The highest BCUT2D eigenvalue weighted by molar-refractivity contribution is 5.98. The van der Waals surface area contributed by atoms with Gasteiger partial charge in [0.15, 0.2) is 11.5 Å². The third-order valence-corrected chi connectivity index (χ3v) is 3.72. The molecular formula is C15H19N3O6. The number of aliphatic hydroxyl groups excluding tert-OH is 1. The van der Waals surface area contributed by atoms with E-state index in [1.807, 2.05) is 0 Å². The second-order valence-electron chi connectivity index (χ2n) is 5.35. The van der Waals surface area contributed by atoms with Gasteiger partial charge in [-0.25, -0.2) is 5.01 Å². The summed E-state index contributed by atoms with van der Waals surface area (Å²) in [6.07, 6.45) is 0. The number of ether oxygens (including phenoxy) is 3. The lowest BCUT2D eigenvalue weighted by atomic mass is 10.1. The Morgan fingerprint density at radius 2 is 1.96 bits per heavy atom. The molecule has 2 aliphatic heterocycles. The van der Waals surface area contributed by atoms with Crippen LogP contribution < -0.4 is 20.2 Å². The van der Waals surface area contributed by atoms with E-state index in [0.717, 1.165) is 0 Å². The molecule has 1 aromatic carbocycles. The van der Waals surface area contributed by atoms with Gasteiger partial charge in [0.05, 0.1) is 19.8 Å². The van der Waals surface area contributed by atoms with Crippen molar-refractivity contribution in [2.24, 2.45) is 0 Å². The third kappa shape index (κ3) is 3.75. The maximum atomic E-state index is 12.3. The lowest BCUT2D eigenvalue weighted by Crippen LogP contribution is -2.56. The van der Waals surface area contributed by atoms with Crippen molar-refractivity contribution in [1.82, 2.24) is 15.8 Å². The van der Waals surface area contributed by atoms with Crippen LogP contribution in [0, 0.1) is 0 Å². The molecule has 1 atom stereocenters. The fourth-order valence-electron chi connectivity index (χ4n) is 2.38. The molecule has 0 spiro atoms. The van der Waals surface area contributed by atoms with E-state index in [0.29, 0.717) is 43.4 Å². The molecule has 1 unspecified atom stereocenters. The van der Waals surface area contributed by atoms with E-state index in [1.165, 1.54) is 6.07 Å². The SMILES string of the molecule is O=C(NC(CO)C(=O)NN1CCOCC1)c1ccc2c(c1)OCO2. The number of carbonyl (C=O) groups excluding carboxylic acids is 2. The Morgan fingerprint density at radius 3 is 2.71 bits per heavy atom. The molecule has 2 heterocycles. The maximum Gasteiger partial charge on any atom is 0.259 e. The molecule has 1 aromatic rings. The van der Waals surface area contributed by atoms with Crippen molar-refractivity contribution in [2.45, 2.75) is 6.04 Å². The van der Waals surface area contributed by atoms with E-state index >= 15 is 0 Å². The van der Waals surface area contributed by atoms with Gasteiger partial charge in [-0.15, -0.1) is 0 Å².